The molecule has 7 rings (SSSR count). The van der Waals surface area contributed by atoms with Gasteiger partial charge in [-0.05, 0) is 68.6 Å². The van der Waals surface area contributed by atoms with E-state index in [1.165, 1.54) is 5.56 Å². The molecule has 2 aromatic rings. The maximum Gasteiger partial charge on any atom is 0.411 e. The number of benzene rings is 1. The second-order valence-corrected chi connectivity index (χ2v) is 10.4. The van der Waals surface area contributed by atoms with Gasteiger partial charge < -0.3 is 24.4 Å². The molecule has 4 heterocycles. The normalized spacial score (nSPS) is 35.1. The van der Waals surface area contributed by atoms with Crippen LogP contribution in [0.1, 0.15) is 42.0 Å². The SMILES string of the molecule is CN1CCC23c4c5ccc(O)c4O[C@H]2[C@@H](OC(=O)N2CCC[C@@H]2c2cccnc2)C=C[C@H]3[C@H]1C5. The van der Waals surface area contributed by atoms with Crippen molar-refractivity contribution in [2.45, 2.75) is 55.4 Å². The predicted molar refractivity (Wildman–Crippen MR) is 125 cm³/mol. The summed E-state index contributed by atoms with van der Waals surface area (Å²) in [7, 11) is 2.20. The van der Waals surface area contributed by atoms with Gasteiger partial charge in [0.05, 0.1) is 6.04 Å². The van der Waals surface area contributed by atoms with Gasteiger partial charge in [0.15, 0.2) is 17.6 Å². The summed E-state index contributed by atoms with van der Waals surface area (Å²) in [5.41, 5.74) is 3.16. The Morgan fingerprint density at radius 1 is 1.26 bits per heavy atom. The standard InChI is InChI=1S/C27H29N3O4/c1-29-13-10-27-18-7-9-22(25(27)34-24-21(31)8-6-16(23(24)27)14-20(18)29)33-26(32)30-12-3-5-19(30)17-4-2-11-28-15-17/h2,4,6-9,11,15,18-20,22,25,31H,3,5,10,12-14H2,1H3/t18-,19+,20+,22-,25-,27?/m0/s1. The summed E-state index contributed by atoms with van der Waals surface area (Å²) in [6, 6.07) is 8.09. The number of likely N-dealkylation sites (N-methyl/N-ethyl adjacent to an activating group) is 1. The number of phenols is 1. The fraction of sp³-hybridized carbons (Fsp3) is 0.481. The lowest BCUT2D eigenvalue weighted by Crippen LogP contribution is -2.65. The second kappa shape index (κ2) is 7.22. The molecular weight excluding hydrogens is 430 g/mol. The van der Waals surface area contributed by atoms with Crippen molar-refractivity contribution in [3.05, 3.63) is 65.5 Å². The maximum absolute atomic E-state index is 13.4. The molecule has 1 aromatic carbocycles. The predicted octanol–water partition coefficient (Wildman–Crippen LogP) is 3.57. The Labute approximate surface area is 199 Å². The number of hydrogen-bond acceptors (Lipinski definition) is 6. The van der Waals surface area contributed by atoms with Crippen molar-refractivity contribution in [2.24, 2.45) is 5.92 Å². The maximum atomic E-state index is 13.4. The highest BCUT2D eigenvalue weighted by Crippen LogP contribution is 2.62. The van der Waals surface area contributed by atoms with Crippen molar-refractivity contribution in [3.8, 4) is 11.5 Å². The minimum Gasteiger partial charge on any atom is -0.504 e. The molecule has 0 saturated carbocycles. The summed E-state index contributed by atoms with van der Waals surface area (Å²) in [6.07, 6.45) is 10.4. The first kappa shape index (κ1) is 20.3. The fourth-order valence-corrected chi connectivity index (χ4v) is 7.41. The number of pyridine rings is 1. The van der Waals surface area contributed by atoms with Crippen LogP contribution in [0.4, 0.5) is 4.79 Å². The third-order valence-corrected chi connectivity index (χ3v) is 8.92. The van der Waals surface area contributed by atoms with Gasteiger partial charge in [0.25, 0.3) is 0 Å². The highest BCUT2D eigenvalue weighted by Gasteiger charge is 2.65. The molecule has 1 aromatic heterocycles. The third-order valence-electron chi connectivity index (χ3n) is 8.92. The summed E-state index contributed by atoms with van der Waals surface area (Å²) < 4.78 is 12.7. The van der Waals surface area contributed by atoms with Crippen molar-refractivity contribution in [2.75, 3.05) is 20.1 Å². The molecule has 7 nitrogen and oxygen atoms in total. The molecule has 1 unspecified atom stereocenters. The molecule has 7 heteroatoms. The van der Waals surface area contributed by atoms with Crippen molar-refractivity contribution in [1.82, 2.24) is 14.8 Å². The average Bonchev–Trinajstić information content (AvgIpc) is 3.48. The molecule has 6 atom stereocenters. The monoisotopic (exact) mass is 459 g/mol. The summed E-state index contributed by atoms with van der Waals surface area (Å²) in [5, 5.41) is 10.7. The summed E-state index contributed by atoms with van der Waals surface area (Å²) >= 11 is 0. The minimum atomic E-state index is -0.499. The molecule has 2 aliphatic carbocycles. The Hall–Kier alpha value is -3.06. The van der Waals surface area contributed by atoms with Gasteiger partial charge >= 0.3 is 6.09 Å². The van der Waals surface area contributed by atoms with Gasteiger partial charge in [0.2, 0.25) is 0 Å². The number of ether oxygens (including phenoxy) is 2. The number of phenolic OH excluding ortho intramolecular Hbond substituents is 1. The average molecular weight is 460 g/mol. The van der Waals surface area contributed by atoms with Gasteiger partial charge in [0.1, 0.15) is 6.10 Å². The first-order valence-electron chi connectivity index (χ1n) is 12.4. The van der Waals surface area contributed by atoms with E-state index in [2.05, 4.69) is 23.0 Å². The Morgan fingerprint density at radius 2 is 2.18 bits per heavy atom. The Balaban J connectivity index is 1.23. The quantitative estimate of drug-likeness (QED) is 0.692. The zero-order chi connectivity index (χ0) is 23.0. The van der Waals surface area contributed by atoms with Gasteiger partial charge in [-0.1, -0.05) is 18.2 Å². The molecule has 0 radical (unpaired) electrons. The van der Waals surface area contributed by atoms with Gasteiger partial charge in [0, 0.05) is 41.9 Å². The molecule has 1 spiro atoms. The molecule has 3 aliphatic heterocycles. The van der Waals surface area contributed by atoms with Crippen LogP contribution in [0.15, 0.2) is 48.8 Å². The van der Waals surface area contributed by atoms with Crippen LogP contribution in [0.2, 0.25) is 0 Å². The van der Waals surface area contributed by atoms with E-state index in [0.29, 0.717) is 18.3 Å². The number of carbonyl (C=O) groups excluding carboxylic acids is 1. The molecule has 34 heavy (non-hydrogen) atoms. The summed E-state index contributed by atoms with van der Waals surface area (Å²) in [6.45, 7) is 1.63. The molecule has 176 valence electrons. The zero-order valence-corrected chi connectivity index (χ0v) is 19.3. The van der Waals surface area contributed by atoms with Crippen LogP contribution in [-0.2, 0) is 16.6 Å². The van der Waals surface area contributed by atoms with E-state index in [0.717, 1.165) is 43.4 Å². The number of amides is 1. The Bertz CT molecular complexity index is 1180. The number of piperidine rings is 1. The molecule has 2 fully saturated rings. The first-order valence-corrected chi connectivity index (χ1v) is 12.4. The van der Waals surface area contributed by atoms with E-state index in [1.807, 2.05) is 35.4 Å². The molecule has 5 aliphatic rings. The lowest BCUT2D eigenvalue weighted by molar-refractivity contribution is -0.0554. The molecule has 2 bridgehead atoms. The van der Waals surface area contributed by atoms with Crippen molar-refractivity contribution < 1.29 is 19.4 Å². The number of rotatable bonds is 2. The number of aromatic nitrogens is 1. The molecule has 2 saturated heterocycles. The van der Waals surface area contributed by atoms with Crippen molar-refractivity contribution >= 4 is 6.09 Å². The van der Waals surface area contributed by atoms with E-state index >= 15 is 0 Å². The van der Waals surface area contributed by atoms with E-state index < -0.39 is 6.10 Å². The molecule has 1 amide bonds. The largest absolute Gasteiger partial charge is 0.504 e. The Morgan fingerprint density at radius 3 is 3.03 bits per heavy atom. The topological polar surface area (TPSA) is 75.1 Å². The van der Waals surface area contributed by atoms with E-state index in [1.54, 1.807) is 12.3 Å². The number of likely N-dealkylation sites (tertiary alicyclic amines) is 2. The number of carbonyl (C=O) groups is 1. The van der Waals surface area contributed by atoms with E-state index in [9.17, 15) is 9.90 Å². The number of aromatic hydroxyl groups is 1. The lowest BCUT2D eigenvalue weighted by atomic mass is 9.53. The molecule has 1 N–H and O–H groups in total. The summed E-state index contributed by atoms with van der Waals surface area (Å²) in [5.74, 6) is 1.05. The highest BCUT2D eigenvalue weighted by atomic mass is 16.6. The number of hydrogen-bond donors (Lipinski definition) is 1. The van der Waals surface area contributed by atoms with E-state index in [-0.39, 0.29) is 35.3 Å². The van der Waals surface area contributed by atoms with Crippen LogP contribution in [-0.4, -0.2) is 64.4 Å². The third kappa shape index (κ3) is 2.62. The van der Waals surface area contributed by atoms with Gasteiger partial charge in [-0.15, -0.1) is 0 Å². The van der Waals surface area contributed by atoms with Crippen LogP contribution in [0.25, 0.3) is 0 Å². The zero-order valence-electron chi connectivity index (χ0n) is 19.3. The Kier molecular flexibility index (Phi) is 4.31. The number of nitrogens with zero attached hydrogens (tertiary/aromatic N) is 3. The van der Waals surface area contributed by atoms with Crippen LogP contribution >= 0.6 is 0 Å². The highest BCUT2D eigenvalue weighted by molar-refractivity contribution is 5.70. The minimum absolute atomic E-state index is 0.0144. The molecular formula is C27H29N3O4. The van der Waals surface area contributed by atoms with Crippen LogP contribution in [0.3, 0.4) is 0 Å². The van der Waals surface area contributed by atoms with Crippen LogP contribution in [0, 0.1) is 5.92 Å². The van der Waals surface area contributed by atoms with Gasteiger partial charge in [-0.2, -0.15) is 0 Å². The van der Waals surface area contributed by atoms with Gasteiger partial charge in [-0.3, -0.25) is 4.98 Å². The van der Waals surface area contributed by atoms with Crippen LogP contribution < -0.4 is 4.74 Å². The van der Waals surface area contributed by atoms with Crippen molar-refractivity contribution in [1.29, 1.82) is 0 Å². The van der Waals surface area contributed by atoms with E-state index in [4.69, 9.17) is 9.47 Å². The van der Waals surface area contributed by atoms with Crippen molar-refractivity contribution in [3.63, 3.8) is 0 Å². The smallest absolute Gasteiger partial charge is 0.411 e. The first-order chi connectivity index (χ1) is 16.6. The lowest BCUT2D eigenvalue weighted by Gasteiger charge is -2.56. The summed E-state index contributed by atoms with van der Waals surface area (Å²) in [4.78, 5) is 22.0. The van der Waals surface area contributed by atoms with Gasteiger partial charge in [-0.25, -0.2) is 4.79 Å². The fourth-order valence-electron chi connectivity index (χ4n) is 7.41. The second-order valence-electron chi connectivity index (χ2n) is 10.4. The van der Waals surface area contributed by atoms with Crippen LogP contribution in [0.5, 0.6) is 11.5 Å².